The van der Waals surface area contributed by atoms with Crippen LogP contribution in [0.2, 0.25) is 0 Å². The Bertz CT molecular complexity index is 722. The van der Waals surface area contributed by atoms with Crippen LogP contribution in [-0.4, -0.2) is 13.0 Å². The van der Waals surface area contributed by atoms with Crippen molar-refractivity contribution in [2.24, 2.45) is 0 Å². The molecule has 2 aromatic carbocycles. The average Bonchev–Trinajstić information content (AvgIpc) is 2.60. The number of hydrogen-bond acceptors (Lipinski definition) is 2. The van der Waals surface area contributed by atoms with Gasteiger partial charge in [0.2, 0.25) is 0 Å². The maximum Gasteiger partial charge on any atom is 0.251 e. The normalized spacial score (nSPS) is 13.3. The van der Waals surface area contributed by atoms with Crippen molar-refractivity contribution in [3.8, 4) is 5.75 Å². The summed E-state index contributed by atoms with van der Waals surface area (Å²) in [5, 5.41) is 3.00. The molecule has 2 aromatic rings. The monoisotopic (exact) mass is 309 g/mol. The molecule has 0 aliphatic heterocycles. The van der Waals surface area contributed by atoms with Crippen LogP contribution in [0.1, 0.15) is 45.5 Å². The summed E-state index contributed by atoms with van der Waals surface area (Å²) in [4.78, 5) is 12.4. The van der Waals surface area contributed by atoms with Crippen LogP contribution in [-0.2, 0) is 19.4 Å². The lowest BCUT2D eigenvalue weighted by atomic mass is 9.90. The van der Waals surface area contributed by atoms with E-state index in [4.69, 9.17) is 4.74 Å². The van der Waals surface area contributed by atoms with Gasteiger partial charge in [-0.15, -0.1) is 0 Å². The standard InChI is InChI=1S/C20H23NO2/c1-14-7-8-15(11-19(14)23-2)13-21-20(22)18-10-9-16-5-3-4-6-17(16)12-18/h7-12H,3-6,13H2,1-2H3,(H,21,22). The number of hydrogen-bond donors (Lipinski definition) is 1. The van der Waals surface area contributed by atoms with Crippen molar-refractivity contribution in [2.75, 3.05) is 7.11 Å². The Labute approximate surface area is 137 Å². The molecule has 23 heavy (non-hydrogen) atoms. The molecule has 1 aliphatic carbocycles. The van der Waals surface area contributed by atoms with E-state index in [-0.39, 0.29) is 5.91 Å². The smallest absolute Gasteiger partial charge is 0.251 e. The number of methoxy groups -OCH3 is 1. The Morgan fingerprint density at radius 2 is 1.87 bits per heavy atom. The predicted octanol–water partition coefficient (Wildman–Crippen LogP) is 3.81. The van der Waals surface area contributed by atoms with Crippen LogP contribution in [0, 0.1) is 6.92 Å². The molecule has 1 N–H and O–H groups in total. The maximum absolute atomic E-state index is 12.4. The summed E-state index contributed by atoms with van der Waals surface area (Å²) in [6, 6.07) is 12.1. The number of carbonyl (C=O) groups excluding carboxylic acids is 1. The lowest BCUT2D eigenvalue weighted by molar-refractivity contribution is 0.0950. The molecule has 0 atom stereocenters. The van der Waals surface area contributed by atoms with Gasteiger partial charge in [-0.1, -0.05) is 18.2 Å². The summed E-state index contributed by atoms with van der Waals surface area (Å²) in [7, 11) is 1.66. The van der Waals surface area contributed by atoms with Crippen LogP contribution in [0.3, 0.4) is 0 Å². The third-order valence-electron chi connectivity index (χ3n) is 4.54. The van der Waals surface area contributed by atoms with Crippen molar-refractivity contribution in [3.05, 3.63) is 64.2 Å². The van der Waals surface area contributed by atoms with E-state index in [0.29, 0.717) is 6.54 Å². The number of ether oxygens (including phenoxy) is 1. The van der Waals surface area contributed by atoms with Crippen LogP contribution in [0.5, 0.6) is 5.75 Å². The molecule has 0 radical (unpaired) electrons. The fraction of sp³-hybridized carbons (Fsp3) is 0.350. The summed E-state index contributed by atoms with van der Waals surface area (Å²) >= 11 is 0. The van der Waals surface area contributed by atoms with Crippen LogP contribution < -0.4 is 10.1 Å². The largest absolute Gasteiger partial charge is 0.496 e. The topological polar surface area (TPSA) is 38.3 Å². The minimum atomic E-state index is -0.0158. The van der Waals surface area contributed by atoms with E-state index in [2.05, 4.69) is 17.4 Å². The fourth-order valence-corrected chi connectivity index (χ4v) is 3.13. The number of rotatable bonds is 4. The first-order chi connectivity index (χ1) is 11.2. The summed E-state index contributed by atoms with van der Waals surface area (Å²) in [6.45, 7) is 2.51. The highest BCUT2D eigenvalue weighted by Gasteiger charge is 2.12. The first-order valence-corrected chi connectivity index (χ1v) is 8.21. The highest BCUT2D eigenvalue weighted by Crippen LogP contribution is 2.22. The number of nitrogens with one attached hydrogen (secondary N) is 1. The average molecular weight is 309 g/mol. The maximum atomic E-state index is 12.4. The van der Waals surface area contributed by atoms with Crippen LogP contribution in [0.4, 0.5) is 0 Å². The molecule has 0 heterocycles. The third kappa shape index (κ3) is 3.55. The second-order valence-corrected chi connectivity index (χ2v) is 6.18. The van der Waals surface area contributed by atoms with Crippen molar-refractivity contribution < 1.29 is 9.53 Å². The summed E-state index contributed by atoms with van der Waals surface area (Å²) < 4.78 is 5.33. The highest BCUT2D eigenvalue weighted by molar-refractivity contribution is 5.94. The first-order valence-electron chi connectivity index (χ1n) is 8.21. The molecule has 3 rings (SSSR count). The third-order valence-corrected chi connectivity index (χ3v) is 4.54. The minimum absolute atomic E-state index is 0.0158. The molecule has 0 saturated heterocycles. The molecule has 0 unspecified atom stereocenters. The Balaban J connectivity index is 1.67. The van der Waals surface area contributed by atoms with Crippen molar-refractivity contribution in [1.29, 1.82) is 0 Å². The van der Waals surface area contributed by atoms with E-state index in [1.165, 1.54) is 24.0 Å². The molecule has 0 spiro atoms. The van der Waals surface area contributed by atoms with Gasteiger partial charge < -0.3 is 10.1 Å². The van der Waals surface area contributed by atoms with Gasteiger partial charge in [0, 0.05) is 12.1 Å². The molecule has 1 amide bonds. The molecule has 3 nitrogen and oxygen atoms in total. The fourth-order valence-electron chi connectivity index (χ4n) is 3.13. The highest BCUT2D eigenvalue weighted by atomic mass is 16.5. The molecule has 3 heteroatoms. The van der Waals surface area contributed by atoms with Gasteiger partial charge in [0.25, 0.3) is 5.91 Å². The van der Waals surface area contributed by atoms with Crippen molar-refractivity contribution >= 4 is 5.91 Å². The SMILES string of the molecule is COc1cc(CNC(=O)c2ccc3c(c2)CCCC3)ccc1C. The molecule has 0 bridgehead atoms. The van der Waals surface area contributed by atoms with E-state index < -0.39 is 0 Å². The number of benzene rings is 2. The molecule has 1 aliphatic rings. The van der Waals surface area contributed by atoms with Gasteiger partial charge in [0.05, 0.1) is 7.11 Å². The van der Waals surface area contributed by atoms with E-state index >= 15 is 0 Å². The predicted molar refractivity (Wildman–Crippen MR) is 92.0 cm³/mol. The van der Waals surface area contributed by atoms with E-state index in [9.17, 15) is 4.79 Å². The first kappa shape index (κ1) is 15.6. The summed E-state index contributed by atoms with van der Waals surface area (Å²) in [6.07, 6.45) is 4.71. The number of fused-ring (bicyclic) bond motifs is 1. The van der Waals surface area contributed by atoms with Gasteiger partial charge in [-0.05, 0) is 73.1 Å². The lowest BCUT2D eigenvalue weighted by Crippen LogP contribution is -2.23. The van der Waals surface area contributed by atoms with Gasteiger partial charge >= 0.3 is 0 Å². The van der Waals surface area contributed by atoms with E-state index in [1.807, 2.05) is 31.2 Å². The molecular weight excluding hydrogens is 286 g/mol. The van der Waals surface area contributed by atoms with E-state index in [1.54, 1.807) is 7.11 Å². The van der Waals surface area contributed by atoms with Gasteiger partial charge in [0.15, 0.2) is 0 Å². The zero-order valence-corrected chi connectivity index (χ0v) is 13.8. The van der Waals surface area contributed by atoms with Gasteiger partial charge in [-0.25, -0.2) is 0 Å². The molecule has 120 valence electrons. The number of amides is 1. The van der Waals surface area contributed by atoms with Crippen molar-refractivity contribution in [3.63, 3.8) is 0 Å². The van der Waals surface area contributed by atoms with E-state index in [0.717, 1.165) is 35.3 Å². The summed E-state index contributed by atoms with van der Waals surface area (Å²) in [5.74, 6) is 0.837. The number of aryl methyl sites for hydroxylation is 3. The molecule has 0 saturated carbocycles. The quantitative estimate of drug-likeness (QED) is 0.932. The van der Waals surface area contributed by atoms with Crippen molar-refractivity contribution in [2.45, 2.75) is 39.2 Å². The lowest BCUT2D eigenvalue weighted by Gasteiger charge is -2.16. The summed E-state index contributed by atoms with van der Waals surface area (Å²) in [5.41, 5.74) is 5.62. The van der Waals surface area contributed by atoms with Gasteiger partial charge in [-0.2, -0.15) is 0 Å². The Kier molecular flexibility index (Phi) is 4.65. The number of carbonyl (C=O) groups is 1. The zero-order valence-electron chi connectivity index (χ0n) is 13.8. The Morgan fingerprint density at radius 3 is 2.65 bits per heavy atom. The van der Waals surface area contributed by atoms with Gasteiger partial charge in [-0.3, -0.25) is 4.79 Å². The van der Waals surface area contributed by atoms with Crippen molar-refractivity contribution in [1.82, 2.24) is 5.32 Å². The molecular formula is C20H23NO2. The molecule has 0 aromatic heterocycles. The van der Waals surface area contributed by atoms with Crippen LogP contribution >= 0.6 is 0 Å². The van der Waals surface area contributed by atoms with Gasteiger partial charge in [0.1, 0.15) is 5.75 Å². The zero-order chi connectivity index (χ0) is 16.2. The minimum Gasteiger partial charge on any atom is -0.496 e. The van der Waals surface area contributed by atoms with Crippen LogP contribution in [0.25, 0.3) is 0 Å². The second-order valence-electron chi connectivity index (χ2n) is 6.18. The molecule has 0 fully saturated rings. The second kappa shape index (κ2) is 6.86. The Morgan fingerprint density at radius 1 is 1.09 bits per heavy atom. The Hall–Kier alpha value is -2.29. The van der Waals surface area contributed by atoms with Crippen LogP contribution in [0.15, 0.2) is 36.4 Å².